The largest absolute Gasteiger partial charge is 0.329 e. The molecule has 2 N–H and O–H groups in total. The Kier molecular flexibility index (Phi) is 5.86. The molecule has 1 aromatic heterocycles. The summed E-state index contributed by atoms with van der Waals surface area (Å²) in [6, 6.07) is 5.69. The summed E-state index contributed by atoms with van der Waals surface area (Å²) in [7, 11) is 2.28. The van der Waals surface area contributed by atoms with E-state index >= 15 is 0 Å². The highest BCUT2D eigenvalue weighted by molar-refractivity contribution is 7.12. The normalized spacial score (nSPS) is 19.6. The average Bonchev–Trinajstić information content (AvgIpc) is 2.73. The minimum absolute atomic E-state index is 0.411. The van der Waals surface area contributed by atoms with Gasteiger partial charge in [0.05, 0.1) is 6.04 Å². The van der Waals surface area contributed by atoms with E-state index in [0.29, 0.717) is 6.04 Å². The smallest absolute Gasteiger partial charge is 0.0564 e. The minimum Gasteiger partial charge on any atom is -0.329 e. The number of nitrogens with two attached hydrogens (primary N) is 1. The van der Waals surface area contributed by atoms with Crippen LogP contribution in [0.5, 0.6) is 0 Å². The van der Waals surface area contributed by atoms with Gasteiger partial charge in [0.2, 0.25) is 0 Å². The van der Waals surface area contributed by atoms with Crippen molar-refractivity contribution < 1.29 is 0 Å². The number of rotatable bonds is 5. The van der Waals surface area contributed by atoms with Gasteiger partial charge in [-0.3, -0.25) is 4.90 Å². The van der Waals surface area contributed by atoms with E-state index in [0.717, 1.165) is 19.0 Å². The van der Waals surface area contributed by atoms with Crippen molar-refractivity contribution in [3.63, 3.8) is 0 Å². The van der Waals surface area contributed by atoms with Gasteiger partial charge in [-0.1, -0.05) is 32.6 Å². The minimum atomic E-state index is 0.411. The van der Waals surface area contributed by atoms with Crippen molar-refractivity contribution in [2.45, 2.75) is 64.0 Å². The molecule has 1 saturated carbocycles. The summed E-state index contributed by atoms with van der Waals surface area (Å²) in [4.78, 5) is 5.48. The van der Waals surface area contributed by atoms with Crippen molar-refractivity contribution >= 4 is 11.3 Å². The molecule has 1 unspecified atom stereocenters. The molecule has 1 atom stereocenters. The lowest BCUT2D eigenvalue weighted by molar-refractivity contribution is 0.163. The average molecular weight is 280 g/mol. The Morgan fingerprint density at radius 3 is 2.47 bits per heavy atom. The van der Waals surface area contributed by atoms with E-state index in [1.807, 2.05) is 11.3 Å². The Bertz CT molecular complexity index is 367. The summed E-state index contributed by atoms with van der Waals surface area (Å²) in [5.41, 5.74) is 6.07. The molecular weight excluding hydrogens is 252 g/mol. The van der Waals surface area contributed by atoms with Crippen LogP contribution in [0.4, 0.5) is 0 Å². The van der Waals surface area contributed by atoms with Crippen LogP contribution in [0.2, 0.25) is 0 Å². The van der Waals surface area contributed by atoms with E-state index in [9.17, 15) is 0 Å². The molecule has 0 radical (unpaired) electrons. The second-order valence-corrected chi connectivity index (χ2v) is 6.92. The molecule has 1 aromatic rings. The fraction of sp³-hybridized carbons (Fsp3) is 0.750. The first-order valence-electron chi connectivity index (χ1n) is 7.76. The van der Waals surface area contributed by atoms with Crippen molar-refractivity contribution in [2.75, 3.05) is 13.6 Å². The lowest BCUT2D eigenvalue weighted by Gasteiger charge is -2.33. The maximum atomic E-state index is 6.07. The van der Waals surface area contributed by atoms with Crippen LogP contribution in [-0.2, 0) is 6.42 Å². The first-order chi connectivity index (χ1) is 9.26. The molecule has 1 heterocycles. The van der Waals surface area contributed by atoms with Crippen molar-refractivity contribution in [3.05, 3.63) is 21.9 Å². The molecule has 1 aliphatic rings. The first kappa shape index (κ1) is 15.0. The third-order valence-electron chi connectivity index (χ3n) is 4.47. The lowest BCUT2D eigenvalue weighted by atomic mass is 10.0. The Labute approximate surface area is 122 Å². The summed E-state index contributed by atoms with van der Waals surface area (Å²) in [5.74, 6) is 0. The molecule has 0 saturated heterocycles. The molecule has 3 heteroatoms. The summed E-state index contributed by atoms with van der Waals surface area (Å²) in [6.45, 7) is 2.96. The molecule has 0 bridgehead atoms. The van der Waals surface area contributed by atoms with Gasteiger partial charge in [0.1, 0.15) is 0 Å². The zero-order chi connectivity index (χ0) is 13.7. The zero-order valence-corrected chi connectivity index (χ0v) is 13.2. The van der Waals surface area contributed by atoms with Crippen LogP contribution in [0.1, 0.15) is 61.2 Å². The molecule has 2 rings (SSSR count). The lowest BCUT2D eigenvalue weighted by Crippen LogP contribution is -2.38. The highest BCUT2D eigenvalue weighted by atomic mass is 32.1. The molecule has 108 valence electrons. The Balaban J connectivity index is 2.06. The Morgan fingerprint density at radius 2 is 1.95 bits per heavy atom. The predicted molar refractivity (Wildman–Crippen MR) is 84.7 cm³/mol. The number of aryl methyl sites for hydroxylation is 1. The number of nitrogens with zero attached hydrogens (tertiary/aromatic N) is 1. The Morgan fingerprint density at radius 1 is 1.26 bits per heavy atom. The molecule has 1 aliphatic carbocycles. The number of thiophene rings is 1. The van der Waals surface area contributed by atoms with Crippen LogP contribution >= 0.6 is 11.3 Å². The molecule has 0 aliphatic heterocycles. The number of hydrogen-bond donors (Lipinski definition) is 1. The highest BCUT2D eigenvalue weighted by Crippen LogP contribution is 2.31. The zero-order valence-electron chi connectivity index (χ0n) is 12.4. The first-order valence-corrected chi connectivity index (χ1v) is 8.58. The van der Waals surface area contributed by atoms with Gasteiger partial charge in [0.15, 0.2) is 0 Å². The van der Waals surface area contributed by atoms with Crippen molar-refractivity contribution in [2.24, 2.45) is 5.73 Å². The highest BCUT2D eigenvalue weighted by Gasteiger charge is 2.25. The van der Waals surface area contributed by atoms with E-state index in [4.69, 9.17) is 5.73 Å². The summed E-state index contributed by atoms with van der Waals surface area (Å²) in [6.07, 6.45) is 9.42. The van der Waals surface area contributed by atoms with E-state index in [1.54, 1.807) is 0 Å². The van der Waals surface area contributed by atoms with Gasteiger partial charge >= 0.3 is 0 Å². The maximum absolute atomic E-state index is 6.07. The van der Waals surface area contributed by atoms with Crippen LogP contribution in [0.25, 0.3) is 0 Å². The van der Waals surface area contributed by atoms with E-state index in [2.05, 4.69) is 31.0 Å². The SMILES string of the molecule is CCc1ccc(C(CN)N(C)C2CCCCCC2)s1. The summed E-state index contributed by atoms with van der Waals surface area (Å²) < 4.78 is 0. The molecule has 0 spiro atoms. The summed E-state index contributed by atoms with van der Waals surface area (Å²) in [5, 5.41) is 0. The van der Waals surface area contributed by atoms with Gasteiger partial charge in [-0.2, -0.15) is 0 Å². The van der Waals surface area contributed by atoms with Gasteiger partial charge in [0.25, 0.3) is 0 Å². The molecular formula is C16H28N2S. The molecule has 0 amide bonds. The second-order valence-electron chi connectivity index (χ2n) is 5.72. The quantitative estimate of drug-likeness (QED) is 0.827. The fourth-order valence-electron chi connectivity index (χ4n) is 3.17. The predicted octanol–water partition coefficient (Wildman–Crippen LogP) is 3.96. The Hall–Kier alpha value is -0.380. The van der Waals surface area contributed by atoms with E-state index < -0.39 is 0 Å². The molecule has 2 nitrogen and oxygen atoms in total. The second kappa shape index (κ2) is 7.41. The van der Waals surface area contributed by atoms with E-state index in [-0.39, 0.29) is 0 Å². The fourth-order valence-corrected chi connectivity index (χ4v) is 4.28. The van der Waals surface area contributed by atoms with Crippen LogP contribution in [0.15, 0.2) is 12.1 Å². The van der Waals surface area contributed by atoms with Crippen LogP contribution in [-0.4, -0.2) is 24.5 Å². The van der Waals surface area contributed by atoms with Gasteiger partial charge in [-0.15, -0.1) is 11.3 Å². The summed E-state index contributed by atoms with van der Waals surface area (Å²) >= 11 is 1.94. The standard InChI is InChI=1S/C16H28N2S/c1-3-14-10-11-16(19-14)15(12-17)18(2)13-8-6-4-5-7-9-13/h10-11,13,15H,3-9,12,17H2,1-2H3. The third-order valence-corrected chi connectivity index (χ3v) is 5.81. The van der Waals surface area contributed by atoms with Crippen LogP contribution in [0, 0.1) is 0 Å². The van der Waals surface area contributed by atoms with Crippen molar-refractivity contribution in [1.82, 2.24) is 4.90 Å². The topological polar surface area (TPSA) is 29.3 Å². The number of hydrogen-bond acceptors (Lipinski definition) is 3. The number of likely N-dealkylation sites (N-methyl/N-ethyl adjacent to an activating group) is 1. The van der Waals surface area contributed by atoms with Crippen LogP contribution < -0.4 is 5.73 Å². The molecule has 19 heavy (non-hydrogen) atoms. The third kappa shape index (κ3) is 3.80. The van der Waals surface area contributed by atoms with Gasteiger partial charge in [-0.25, -0.2) is 0 Å². The van der Waals surface area contributed by atoms with Crippen LogP contribution in [0.3, 0.4) is 0 Å². The van der Waals surface area contributed by atoms with Gasteiger partial charge in [0, 0.05) is 22.3 Å². The van der Waals surface area contributed by atoms with E-state index in [1.165, 1.54) is 48.3 Å². The van der Waals surface area contributed by atoms with Crippen molar-refractivity contribution in [1.29, 1.82) is 0 Å². The molecule has 0 aromatic carbocycles. The molecule has 1 fully saturated rings. The van der Waals surface area contributed by atoms with Gasteiger partial charge < -0.3 is 5.73 Å². The monoisotopic (exact) mass is 280 g/mol. The van der Waals surface area contributed by atoms with Crippen molar-refractivity contribution in [3.8, 4) is 0 Å². The van der Waals surface area contributed by atoms with Gasteiger partial charge in [-0.05, 0) is 38.4 Å². The maximum Gasteiger partial charge on any atom is 0.0564 e.